The Morgan fingerprint density at radius 3 is 2.44 bits per heavy atom. The van der Waals surface area contributed by atoms with Gasteiger partial charge in [0.25, 0.3) is 0 Å². The normalized spacial score (nSPS) is 11.2. The van der Waals surface area contributed by atoms with Crippen LogP contribution in [0.5, 0.6) is 0 Å². The minimum atomic E-state index is 0.149. The van der Waals surface area contributed by atoms with E-state index in [1.165, 1.54) is 0 Å². The Hall–Kier alpha value is -0.490. The molecule has 1 rings (SSSR count). The average molecular weight is 244 g/mol. The lowest BCUT2D eigenvalue weighted by Crippen LogP contribution is -2.31. The molecule has 1 aromatic rings. The van der Waals surface area contributed by atoms with E-state index in [-0.39, 0.29) is 13.2 Å². The fraction of sp³-hybridized carbons (Fsp3) is 0.727. The second kappa shape index (κ2) is 7.73. The Labute approximate surface area is 101 Å². The van der Waals surface area contributed by atoms with Gasteiger partial charge >= 0.3 is 0 Å². The highest BCUT2D eigenvalue weighted by Gasteiger charge is 2.04. The number of nitrogens with zero attached hydrogens (tertiary/aromatic N) is 2. The van der Waals surface area contributed by atoms with E-state index < -0.39 is 0 Å². The molecule has 2 N–H and O–H groups in total. The van der Waals surface area contributed by atoms with E-state index in [0.717, 1.165) is 30.1 Å². The summed E-state index contributed by atoms with van der Waals surface area (Å²) in [6, 6.07) is 0. The number of aliphatic hydroxyl groups excluding tert-OH is 2. The first kappa shape index (κ1) is 13.6. The van der Waals surface area contributed by atoms with Crippen LogP contribution in [0, 0.1) is 6.92 Å². The molecule has 5 heteroatoms. The smallest absolute Gasteiger partial charge is 0.0897 e. The number of aryl methyl sites for hydroxylation is 2. The van der Waals surface area contributed by atoms with Crippen LogP contribution < -0.4 is 0 Å². The largest absolute Gasteiger partial charge is 0.395 e. The zero-order valence-corrected chi connectivity index (χ0v) is 10.5. The van der Waals surface area contributed by atoms with Crippen molar-refractivity contribution >= 4 is 11.3 Å². The van der Waals surface area contributed by atoms with Crippen molar-refractivity contribution in [3.8, 4) is 0 Å². The maximum atomic E-state index is 8.85. The van der Waals surface area contributed by atoms with Gasteiger partial charge in [-0.3, -0.25) is 4.90 Å². The van der Waals surface area contributed by atoms with Crippen LogP contribution in [0.25, 0.3) is 0 Å². The van der Waals surface area contributed by atoms with Crippen molar-refractivity contribution in [2.24, 2.45) is 0 Å². The van der Waals surface area contributed by atoms with Crippen LogP contribution in [0.1, 0.15) is 17.1 Å². The van der Waals surface area contributed by atoms with E-state index in [1.54, 1.807) is 11.3 Å². The Bertz CT molecular complexity index is 285. The molecular weight excluding hydrogens is 224 g/mol. The quantitative estimate of drug-likeness (QED) is 0.706. The van der Waals surface area contributed by atoms with Crippen molar-refractivity contribution in [1.82, 2.24) is 9.88 Å². The predicted octanol–water partition coefficient (Wildman–Crippen LogP) is 0.671. The zero-order valence-electron chi connectivity index (χ0n) is 9.72. The van der Waals surface area contributed by atoms with Crippen LogP contribution in [0.3, 0.4) is 0 Å². The van der Waals surface area contributed by atoms with Crippen LogP contribution in [0.15, 0.2) is 5.38 Å². The Morgan fingerprint density at radius 2 is 1.94 bits per heavy atom. The van der Waals surface area contributed by atoms with E-state index in [9.17, 15) is 0 Å². The molecule has 0 saturated carbocycles. The summed E-state index contributed by atoms with van der Waals surface area (Å²) in [5.74, 6) is 0. The van der Waals surface area contributed by atoms with Gasteiger partial charge in [0.15, 0.2) is 0 Å². The lowest BCUT2D eigenvalue weighted by atomic mass is 10.2. The second-order valence-electron chi connectivity index (χ2n) is 3.75. The third-order valence-corrected chi connectivity index (χ3v) is 3.23. The van der Waals surface area contributed by atoms with E-state index in [1.807, 2.05) is 6.92 Å². The molecule has 0 aliphatic rings. The lowest BCUT2D eigenvalue weighted by Gasteiger charge is -2.19. The molecule has 0 bridgehead atoms. The zero-order chi connectivity index (χ0) is 11.8. The van der Waals surface area contributed by atoms with Gasteiger partial charge in [-0.2, -0.15) is 0 Å². The van der Waals surface area contributed by atoms with Crippen molar-refractivity contribution < 1.29 is 10.2 Å². The summed E-state index contributed by atoms with van der Waals surface area (Å²) in [7, 11) is 0. The minimum Gasteiger partial charge on any atom is -0.395 e. The molecule has 4 nitrogen and oxygen atoms in total. The molecule has 0 aliphatic carbocycles. The highest BCUT2D eigenvalue weighted by Crippen LogP contribution is 2.09. The van der Waals surface area contributed by atoms with Gasteiger partial charge < -0.3 is 10.2 Å². The second-order valence-corrected chi connectivity index (χ2v) is 4.81. The monoisotopic (exact) mass is 244 g/mol. The first-order valence-electron chi connectivity index (χ1n) is 5.61. The number of aromatic nitrogens is 1. The number of aliphatic hydroxyl groups is 2. The molecule has 0 fully saturated rings. The Kier molecular flexibility index (Phi) is 6.56. The maximum Gasteiger partial charge on any atom is 0.0897 e. The predicted molar refractivity (Wildman–Crippen MR) is 65.8 cm³/mol. The van der Waals surface area contributed by atoms with Crippen LogP contribution in [0.4, 0.5) is 0 Å². The molecule has 0 saturated heterocycles. The van der Waals surface area contributed by atoms with E-state index in [4.69, 9.17) is 10.2 Å². The number of rotatable bonds is 8. The molecule has 16 heavy (non-hydrogen) atoms. The molecule has 0 unspecified atom stereocenters. The van der Waals surface area contributed by atoms with E-state index in [2.05, 4.69) is 15.3 Å². The number of hydrogen-bond donors (Lipinski definition) is 2. The van der Waals surface area contributed by atoms with Crippen molar-refractivity contribution in [1.29, 1.82) is 0 Å². The van der Waals surface area contributed by atoms with Gasteiger partial charge in [-0.05, 0) is 26.3 Å². The molecular formula is C11H20N2O2S. The minimum absolute atomic E-state index is 0.149. The summed E-state index contributed by atoms with van der Waals surface area (Å²) in [6.07, 6.45) is 1.99. The molecule has 0 radical (unpaired) electrons. The summed E-state index contributed by atoms with van der Waals surface area (Å²) < 4.78 is 0. The van der Waals surface area contributed by atoms with Gasteiger partial charge in [-0.1, -0.05) is 0 Å². The van der Waals surface area contributed by atoms with Gasteiger partial charge in [0.1, 0.15) is 0 Å². The van der Waals surface area contributed by atoms with E-state index in [0.29, 0.717) is 13.1 Å². The topological polar surface area (TPSA) is 56.6 Å². The van der Waals surface area contributed by atoms with Gasteiger partial charge in [-0.25, -0.2) is 4.98 Å². The van der Waals surface area contributed by atoms with Gasteiger partial charge in [0, 0.05) is 18.5 Å². The fourth-order valence-corrected chi connectivity index (χ4v) is 2.27. The third kappa shape index (κ3) is 5.03. The molecule has 0 aromatic carbocycles. The van der Waals surface area contributed by atoms with Crippen LogP contribution in [-0.4, -0.2) is 52.9 Å². The number of hydrogen-bond acceptors (Lipinski definition) is 5. The first-order chi connectivity index (χ1) is 7.76. The summed E-state index contributed by atoms with van der Waals surface area (Å²) >= 11 is 1.68. The average Bonchev–Trinajstić information content (AvgIpc) is 2.65. The fourth-order valence-electron chi connectivity index (χ4n) is 1.63. The van der Waals surface area contributed by atoms with Crippen molar-refractivity contribution in [3.05, 3.63) is 16.1 Å². The first-order valence-corrected chi connectivity index (χ1v) is 6.49. The Balaban J connectivity index is 2.21. The highest BCUT2D eigenvalue weighted by molar-refractivity contribution is 7.09. The number of thiazole rings is 1. The van der Waals surface area contributed by atoms with E-state index >= 15 is 0 Å². The molecule has 0 atom stereocenters. The SMILES string of the molecule is Cc1nc(CCCN(CCO)CCO)cs1. The van der Waals surface area contributed by atoms with Crippen LogP contribution in [-0.2, 0) is 6.42 Å². The Morgan fingerprint density at radius 1 is 1.25 bits per heavy atom. The molecule has 0 spiro atoms. The summed E-state index contributed by atoms with van der Waals surface area (Å²) in [4.78, 5) is 6.47. The molecule has 1 heterocycles. The highest BCUT2D eigenvalue weighted by atomic mass is 32.1. The van der Waals surface area contributed by atoms with Gasteiger partial charge in [0.05, 0.1) is 23.9 Å². The van der Waals surface area contributed by atoms with Crippen molar-refractivity contribution in [2.75, 3.05) is 32.8 Å². The van der Waals surface area contributed by atoms with Crippen LogP contribution in [0.2, 0.25) is 0 Å². The summed E-state index contributed by atoms with van der Waals surface area (Å²) in [6.45, 7) is 4.48. The standard InChI is InChI=1S/C11H20N2O2S/c1-10-12-11(9-16-10)3-2-4-13(5-7-14)6-8-15/h9,14-15H,2-8H2,1H3. The van der Waals surface area contributed by atoms with Gasteiger partial charge in [-0.15, -0.1) is 11.3 Å². The third-order valence-electron chi connectivity index (χ3n) is 2.41. The molecule has 0 amide bonds. The summed E-state index contributed by atoms with van der Waals surface area (Å²) in [5.41, 5.74) is 1.15. The van der Waals surface area contributed by atoms with Gasteiger partial charge in [0.2, 0.25) is 0 Å². The summed E-state index contributed by atoms with van der Waals surface area (Å²) in [5, 5.41) is 20.9. The lowest BCUT2D eigenvalue weighted by molar-refractivity contribution is 0.160. The molecule has 0 aliphatic heterocycles. The molecule has 1 aromatic heterocycles. The van der Waals surface area contributed by atoms with Crippen molar-refractivity contribution in [2.45, 2.75) is 19.8 Å². The molecule has 92 valence electrons. The van der Waals surface area contributed by atoms with Crippen LogP contribution >= 0.6 is 11.3 Å². The maximum absolute atomic E-state index is 8.85. The van der Waals surface area contributed by atoms with Crippen molar-refractivity contribution in [3.63, 3.8) is 0 Å².